The van der Waals surface area contributed by atoms with Crippen LogP contribution in [0.4, 0.5) is 0 Å². The molecule has 0 saturated carbocycles. The maximum Gasteiger partial charge on any atom is 0.258 e. The van der Waals surface area contributed by atoms with Crippen LogP contribution in [0.5, 0.6) is 5.75 Å². The summed E-state index contributed by atoms with van der Waals surface area (Å²) in [5.74, 6) is 0.738. The first kappa shape index (κ1) is 15.7. The molecule has 0 aliphatic carbocycles. The zero-order valence-corrected chi connectivity index (χ0v) is 13.4. The molecule has 6 heteroatoms. The van der Waals surface area contributed by atoms with Crippen LogP contribution in [0.1, 0.15) is 16.2 Å². The van der Waals surface area contributed by atoms with Crippen molar-refractivity contribution in [2.75, 3.05) is 14.2 Å². The van der Waals surface area contributed by atoms with E-state index in [-0.39, 0.29) is 18.0 Å². The fourth-order valence-electron chi connectivity index (χ4n) is 2.53. The smallest absolute Gasteiger partial charge is 0.258 e. The first-order valence-electron chi connectivity index (χ1n) is 7.46. The van der Waals surface area contributed by atoms with E-state index in [9.17, 15) is 9.59 Å². The molecule has 0 saturated heterocycles. The first-order chi connectivity index (χ1) is 11.6. The molecule has 24 heavy (non-hydrogen) atoms. The molecule has 6 nitrogen and oxygen atoms in total. The SMILES string of the molecule is COc1ccccc1C(=O)N(C)Cc1nc2ccccc2c(=O)[nH]1. The van der Waals surface area contributed by atoms with Crippen LogP contribution < -0.4 is 10.3 Å². The summed E-state index contributed by atoms with van der Waals surface area (Å²) in [6, 6.07) is 14.1. The second-order valence-electron chi connectivity index (χ2n) is 5.39. The lowest BCUT2D eigenvalue weighted by Crippen LogP contribution is -2.28. The number of benzene rings is 2. The van der Waals surface area contributed by atoms with Gasteiger partial charge in [-0.05, 0) is 24.3 Å². The number of hydrogen-bond donors (Lipinski definition) is 1. The zero-order valence-electron chi connectivity index (χ0n) is 13.4. The number of methoxy groups -OCH3 is 1. The Labute approximate surface area is 138 Å². The van der Waals surface area contributed by atoms with Crippen molar-refractivity contribution in [1.29, 1.82) is 0 Å². The Morgan fingerprint density at radius 1 is 1.17 bits per heavy atom. The Hall–Kier alpha value is -3.15. The van der Waals surface area contributed by atoms with Gasteiger partial charge < -0.3 is 14.6 Å². The summed E-state index contributed by atoms with van der Waals surface area (Å²) < 4.78 is 5.22. The van der Waals surface area contributed by atoms with Gasteiger partial charge in [0.05, 0.1) is 30.1 Å². The van der Waals surface area contributed by atoms with Crippen LogP contribution in [0.3, 0.4) is 0 Å². The number of aromatic amines is 1. The van der Waals surface area contributed by atoms with Crippen molar-refractivity contribution in [3.8, 4) is 5.75 Å². The number of para-hydroxylation sites is 2. The van der Waals surface area contributed by atoms with Crippen LogP contribution in [0.25, 0.3) is 10.9 Å². The maximum absolute atomic E-state index is 12.6. The quantitative estimate of drug-likeness (QED) is 0.799. The molecule has 3 rings (SSSR count). The van der Waals surface area contributed by atoms with E-state index in [0.717, 1.165) is 0 Å². The molecule has 1 aromatic heterocycles. The highest BCUT2D eigenvalue weighted by Gasteiger charge is 2.17. The lowest BCUT2D eigenvalue weighted by molar-refractivity contribution is 0.0778. The molecule has 0 unspecified atom stereocenters. The monoisotopic (exact) mass is 323 g/mol. The molecule has 122 valence electrons. The summed E-state index contributed by atoms with van der Waals surface area (Å²) in [5.41, 5.74) is 0.855. The van der Waals surface area contributed by atoms with E-state index in [1.165, 1.54) is 12.0 Å². The van der Waals surface area contributed by atoms with E-state index in [4.69, 9.17) is 4.74 Å². The van der Waals surface area contributed by atoms with Crippen molar-refractivity contribution < 1.29 is 9.53 Å². The summed E-state index contributed by atoms with van der Waals surface area (Å²) in [6.45, 7) is 0.191. The van der Waals surface area contributed by atoms with E-state index < -0.39 is 0 Å². The minimum atomic E-state index is -0.214. The lowest BCUT2D eigenvalue weighted by atomic mass is 10.1. The van der Waals surface area contributed by atoms with Crippen molar-refractivity contribution in [3.05, 3.63) is 70.3 Å². The first-order valence-corrected chi connectivity index (χ1v) is 7.46. The second-order valence-corrected chi connectivity index (χ2v) is 5.39. The van der Waals surface area contributed by atoms with E-state index in [1.54, 1.807) is 49.5 Å². The highest BCUT2D eigenvalue weighted by Crippen LogP contribution is 2.19. The Kier molecular flexibility index (Phi) is 4.29. The van der Waals surface area contributed by atoms with Gasteiger partial charge in [-0.3, -0.25) is 9.59 Å². The molecular weight excluding hydrogens is 306 g/mol. The summed E-state index contributed by atoms with van der Waals surface area (Å²) >= 11 is 0. The predicted molar refractivity (Wildman–Crippen MR) is 91.2 cm³/mol. The molecule has 0 bridgehead atoms. The number of carbonyl (C=O) groups is 1. The average molecular weight is 323 g/mol. The molecule has 1 amide bonds. The highest BCUT2D eigenvalue weighted by atomic mass is 16.5. The largest absolute Gasteiger partial charge is 0.496 e. The fraction of sp³-hybridized carbons (Fsp3) is 0.167. The molecule has 0 aliphatic heterocycles. The van der Waals surface area contributed by atoms with Gasteiger partial charge in [0.2, 0.25) is 0 Å². The molecule has 0 radical (unpaired) electrons. The third kappa shape index (κ3) is 2.99. The fourth-order valence-corrected chi connectivity index (χ4v) is 2.53. The van der Waals surface area contributed by atoms with Crippen LogP contribution >= 0.6 is 0 Å². The number of nitrogens with zero attached hydrogens (tertiary/aromatic N) is 2. The number of H-pyrrole nitrogens is 1. The van der Waals surface area contributed by atoms with Gasteiger partial charge in [-0.25, -0.2) is 4.98 Å². The normalized spacial score (nSPS) is 10.6. The van der Waals surface area contributed by atoms with Gasteiger partial charge in [-0.1, -0.05) is 24.3 Å². The molecule has 0 aliphatic rings. The third-order valence-electron chi connectivity index (χ3n) is 3.73. The van der Waals surface area contributed by atoms with Crippen molar-refractivity contribution in [2.24, 2.45) is 0 Å². The zero-order chi connectivity index (χ0) is 17.1. The molecule has 1 heterocycles. The second kappa shape index (κ2) is 6.54. The molecule has 2 aromatic carbocycles. The van der Waals surface area contributed by atoms with Crippen molar-refractivity contribution in [2.45, 2.75) is 6.54 Å². The van der Waals surface area contributed by atoms with Gasteiger partial charge in [0.15, 0.2) is 0 Å². The van der Waals surface area contributed by atoms with E-state index in [2.05, 4.69) is 9.97 Å². The summed E-state index contributed by atoms with van der Waals surface area (Å²) in [4.78, 5) is 33.3. The Bertz CT molecular complexity index is 949. The van der Waals surface area contributed by atoms with E-state index in [1.807, 2.05) is 6.07 Å². The van der Waals surface area contributed by atoms with Crippen molar-refractivity contribution in [3.63, 3.8) is 0 Å². The Morgan fingerprint density at radius 2 is 1.88 bits per heavy atom. The maximum atomic E-state index is 12.6. The van der Waals surface area contributed by atoms with E-state index in [0.29, 0.717) is 28.0 Å². The van der Waals surface area contributed by atoms with Gasteiger partial charge in [0, 0.05) is 7.05 Å². The van der Waals surface area contributed by atoms with Gasteiger partial charge in [0.1, 0.15) is 11.6 Å². The predicted octanol–water partition coefficient (Wildman–Crippen LogP) is 2.20. The van der Waals surface area contributed by atoms with Crippen LogP contribution in [-0.4, -0.2) is 34.9 Å². The van der Waals surface area contributed by atoms with Crippen LogP contribution in [0.15, 0.2) is 53.3 Å². The van der Waals surface area contributed by atoms with Crippen LogP contribution in [-0.2, 0) is 6.54 Å². The lowest BCUT2D eigenvalue weighted by Gasteiger charge is -2.18. The van der Waals surface area contributed by atoms with Gasteiger partial charge in [-0.15, -0.1) is 0 Å². The molecular formula is C18H17N3O3. The molecule has 0 atom stereocenters. The molecule has 0 fully saturated rings. The van der Waals surface area contributed by atoms with Gasteiger partial charge in [0.25, 0.3) is 11.5 Å². The number of rotatable bonds is 4. The number of nitrogens with one attached hydrogen (secondary N) is 1. The number of hydrogen-bond acceptors (Lipinski definition) is 4. The standard InChI is InChI=1S/C18H17N3O3/c1-21(18(23)13-8-4-6-10-15(13)24-2)11-16-19-14-9-5-3-7-12(14)17(22)20-16/h3-10H,11H2,1-2H3,(H,19,20,22). The van der Waals surface area contributed by atoms with Gasteiger partial charge in [-0.2, -0.15) is 0 Å². The number of aromatic nitrogens is 2. The Morgan fingerprint density at radius 3 is 2.67 bits per heavy atom. The summed E-state index contributed by atoms with van der Waals surface area (Å²) in [5, 5.41) is 0.528. The third-order valence-corrected chi connectivity index (χ3v) is 3.73. The highest BCUT2D eigenvalue weighted by molar-refractivity contribution is 5.96. The van der Waals surface area contributed by atoms with Crippen LogP contribution in [0, 0.1) is 0 Å². The van der Waals surface area contributed by atoms with E-state index >= 15 is 0 Å². The molecule has 3 aromatic rings. The van der Waals surface area contributed by atoms with Gasteiger partial charge >= 0.3 is 0 Å². The topological polar surface area (TPSA) is 75.3 Å². The average Bonchev–Trinajstić information content (AvgIpc) is 2.61. The van der Waals surface area contributed by atoms with Crippen molar-refractivity contribution in [1.82, 2.24) is 14.9 Å². The number of carbonyl (C=O) groups excluding carboxylic acids is 1. The summed E-state index contributed by atoms with van der Waals surface area (Å²) in [7, 11) is 3.18. The minimum absolute atomic E-state index is 0.191. The minimum Gasteiger partial charge on any atom is -0.496 e. The molecule has 0 spiro atoms. The number of ether oxygens (including phenoxy) is 1. The number of fused-ring (bicyclic) bond motifs is 1. The number of amides is 1. The Balaban J connectivity index is 1.88. The summed E-state index contributed by atoms with van der Waals surface area (Å²) in [6.07, 6.45) is 0. The van der Waals surface area contributed by atoms with Crippen molar-refractivity contribution >= 4 is 16.8 Å². The molecule has 1 N–H and O–H groups in total. The van der Waals surface area contributed by atoms with Crippen LogP contribution in [0.2, 0.25) is 0 Å².